The number of carbonyl (C=O) groups is 1. The maximum absolute atomic E-state index is 13.8. The zero-order valence-electron chi connectivity index (χ0n) is 18.1. The lowest BCUT2D eigenvalue weighted by Crippen LogP contribution is -2.28. The number of alkyl halides is 3. The van der Waals surface area contributed by atoms with Crippen LogP contribution in [0.2, 0.25) is 0 Å². The van der Waals surface area contributed by atoms with Crippen LogP contribution in [0.5, 0.6) is 5.75 Å². The predicted molar refractivity (Wildman–Crippen MR) is 114 cm³/mol. The molecular weight excluding hydrogens is 437 g/mol. The van der Waals surface area contributed by atoms with Crippen molar-refractivity contribution in [2.45, 2.75) is 32.6 Å². The normalized spacial score (nSPS) is 12.7. The number of halogens is 3. The lowest BCUT2D eigenvalue weighted by molar-refractivity contribution is -0.142. The van der Waals surface area contributed by atoms with E-state index >= 15 is 0 Å². The zero-order chi connectivity index (χ0) is 23.8. The quantitative estimate of drug-likeness (QED) is 0.470. The minimum Gasteiger partial charge on any atom is -0.497 e. The summed E-state index contributed by atoms with van der Waals surface area (Å²) < 4.78 is 48.9. The van der Waals surface area contributed by atoms with Gasteiger partial charge in [-0.25, -0.2) is 9.50 Å². The molecule has 8 nitrogen and oxygen atoms in total. The number of ether oxygens (including phenoxy) is 1. The number of aromatic nitrogens is 5. The van der Waals surface area contributed by atoms with Crippen molar-refractivity contribution in [1.29, 1.82) is 0 Å². The monoisotopic (exact) mass is 458 g/mol. The highest BCUT2D eigenvalue weighted by Crippen LogP contribution is 2.33. The zero-order valence-corrected chi connectivity index (χ0v) is 18.1. The number of nitrogens with one attached hydrogen (secondary N) is 1. The fourth-order valence-electron chi connectivity index (χ4n) is 3.56. The summed E-state index contributed by atoms with van der Waals surface area (Å²) in [6, 6.07) is 8.69. The van der Waals surface area contributed by atoms with E-state index in [1.165, 1.54) is 7.11 Å². The average Bonchev–Trinajstić information content (AvgIpc) is 3.44. The lowest BCUT2D eigenvalue weighted by Gasteiger charge is -2.15. The molecule has 0 bridgehead atoms. The molecule has 1 atom stereocenters. The number of hydrogen-bond donors (Lipinski definition) is 1. The van der Waals surface area contributed by atoms with Crippen molar-refractivity contribution >= 4 is 11.6 Å². The van der Waals surface area contributed by atoms with E-state index in [0.29, 0.717) is 22.4 Å². The molecule has 11 heteroatoms. The molecule has 1 aromatic carbocycles. The van der Waals surface area contributed by atoms with Crippen molar-refractivity contribution in [3.05, 3.63) is 65.7 Å². The molecule has 0 aliphatic carbocycles. The Labute approximate surface area is 187 Å². The molecule has 0 fully saturated rings. The summed E-state index contributed by atoms with van der Waals surface area (Å²) in [6.07, 6.45) is -1.99. The molecule has 33 heavy (non-hydrogen) atoms. The number of methoxy groups -OCH3 is 1. The SMILES string of the molecule is CCn1nccc1C(C)NC(=O)c1cnn2c(C(F)(F)F)cc(-c3ccc(OC)cc3)nc12. The van der Waals surface area contributed by atoms with Gasteiger partial charge in [0.05, 0.1) is 30.7 Å². The first kappa shape index (κ1) is 22.3. The fraction of sp³-hybridized carbons (Fsp3) is 0.273. The molecule has 1 amide bonds. The number of fused-ring (bicyclic) bond motifs is 1. The van der Waals surface area contributed by atoms with E-state index in [1.807, 2.05) is 6.92 Å². The molecule has 0 radical (unpaired) electrons. The maximum Gasteiger partial charge on any atom is 0.433 e. The number of benzene rings is 1. The standard InChI is InChI=1S/C22H21F3N6O2/c1-4-30-18(9-10-26-30)13(2)28-21(32)16-12-27-31-19(22(23,24)25)11-17(29-20(16)31)14-5-7-15(33-3)8-6-14/h5-13H,4H2,1-3H3,(H,28,32). The van der Waals surface area contributed by atoms with Gasteiger partial charge in [-0.3, -0.25) is 9.48 Å². The van der Waals surface area contributed by atoms with Crippen LogP contribution in [0.15, 0.2) is 48.8 Å². The first-order valence-corrected chi connectivity index (χ1v) is 10.2. The summed E-state index contributed by atoms with van der Waals surface area (Å²) in [6.45, 7) is 4.30. The van der Waals surface area contributed by atoms with Gasteiger partial charge in [-0.15, -0.1) is 0 Å². The van der Waals surface area contributed by atoms with Crippen LogP contribution in [-0.2, 0) is 12.7 Å². The van der Waals surface area contributed by atoms with E-state index < -0.39 is 23.8 Å². The summed E-state index contributed by atoms with van der Waals surface area (Å²) in [7, 11) is 1.49. The van der Waals surface area contributed by atoms with E-state index in [0.717, 1.165) is 18.0 Å². The van der Waals surface area contributed by atoms with Gasteiger partial charge in [0.2, 0.25) is 0 Å². The smallest absolute Gasteiger partial charge is 0.433 e. The third-order valence-electron chi connectivity index (χ3n) is 5.23. The Bertz CT molecular complexity index is 1290. The molecule has 172 valence electrons. The second kappa shape index (κ2) is 8.57. The first-order valence-electron chi connectivity index (χ1n) is 10.2. The van der Waals surface area contributed by atoms with Crippen LogP contribution < -0.4 is 10.1 Å². The molecule has 0 spiro atoms. The van der Waals surface area contributed by atoms with Gasteiger partial charge in [-0.05, 0) is 50.2 Å². The summed E-state index contributed by atoms with van der Waals surface area (Å²) in [5.74, 6) is -0.0329. The van der Waals surface area contributed by atoms with Crippen molar-refractivity contribution < 1.29 is 22.7 Å². The summed E-state index contributed by atoms with van der Waals surface area (Å²) >= 11 is 0. The molecule has 1 unspecified atom stereocenters. The molecule has 0 saturated carbocycles. The van der Waals surface area contributed by atoms with Crippen LogP contribution in [0.1, 0.15) is 41.6 Å². The minimum atomic E-state index is -4.71. The van der Waals surface area contributed by atoms with Crippen LogP contribution in [0.25, 0.3) is 16.9 Å². The second-order valence-corrected chi connectivity index (χ2v) is 7.31. The molecule has 3 heterocycles. The number of nitrogens with zero attached hydrogens (tertiary/aromatic N) is 5. The van der Waals surface area contributed by atoms with Gasteiger partial charge < -0.3 is 10.1 Å². The summed E-state index contributed by atoms with van der Waals surface area (Å²) in [4.78, 5) is 17.3. The molecular formula is C22H21F3N6O2. The van der Waals surface area contributed by atoms with Crippen molar-refractivity contribution in [3.63, 3.8) is 0 Å². The number of carbonyl (C=O) groups excluding carboxylic acids is 1. The van der Waals surface area contributed by atoms with E-state index in [-0.39, 0.29) is 16.9 Å². The summed E-state index contributed by atoms with van der Waals surface area (Å²) in [5.41, 5.74) is -0.0185. The number of hydrogen-bond acceptors (Lipinski definition) is 5. The largest absolute Gasteiger partial charge is 0.497 e. The number of rotatable bonds is 6. The van der Waals surface area contributed by atoms with Crippen molar-refractivity contribution in [2.75, 3.05) is 7.11 Å². The minimum absolute atomic E-state index is 0.0594. The van der Waals surface area contributed by atoms with Crippen LogP contribution in [0.3, 0.4) is 0 Å². The van der Waals surface area contributed by atoms with Crippen LogP contribution >= 0.6 is 0 Å². The highest BCUT2D eigenvalue weighted by atomic mass is 19.4. The van der Waals surface area contributed by atoms with E-state index in [1.54, 1.807) is 48.1 Å². The van der Waals surface area contributed by atoms with Crippen molar-refractivity contribution in [3.8, 4) is 17.0 Å². The Morgan fingerprint density at radius 3 is 2.55 bits per heavy atom. The first-order chi connectivity index (χ1) is 15.7. The molecule has 1 N–H and O–H groups in total. The maximum atomic E-state index is 13.8. The van der Waals surface area contributed by atoms with E-state index in [2.05, 4.69) is 20.5 Å². The van der Waals surface area contributed by atoms with E-state index in [4.69, 9.17) is 4.74 Å². The van der Waals surface area contributed by atoms with Crippen molar-refractivity contribution in [1.82, 2.24) is 29.7 Å². The van der Waals surface area contributed by atoms with Gasteiger partial charge in [0.1, 0.15) is 11.3 Å². The lowest BCUT2D eigenvalue weighted by atomic mass is 10.1. The Balaban J connectivity index is 1.76. The highest BCUT2D eigenvalue weighted by Gasteiger charge is 2.36. The van der Waals surface area contributed by atoms with Gasteiger partial charge in [0.25, 0.3) is 5.91 Å². The van der Waals surface area contributed by atoms with Gasteiger partial charge in [-0.1, -0.05) is 0 Å². The molecule has 3 aromatic heterocycles. The average molecular weight is 458 g/mol. The third-order valence-corrected chi connectivity index (χ3v) is 5.23. The fourth-order valence-corrected chi connectivity index (χ4v) is 3.56. The number of aryl methyl sites for hydroxylation is 1. The van der Waals surface area contributed by atoms with Crippen LogP contribution in [0.4, 0.5) is 13.2 Å². The molecule has 0 saturated heterocycles. The molecule has 4 rings (SSSR count). The Kier molecular flexibility index (Phi) is 5.79. The molecule has 0 aliphatic rings. The van der Waals surface area contributed by atoms with Crippen LogP contribution in [0, 0.1) is 0 Å². The van der Waals surface area contributed by atoms with Crippen molar-refractivity contribution in [2.24, 2.45) is 0 Å². The summed E-state index contributed by atoms with van der Waals surface area (Å²) in [5, 5.41) is 10.8. The second-order valence-electron chi connectivity index (χ2n) is 7.31. The van der Waals surface area contributed by atoms with Gasteiger partial charge >= 0.3 is 6.18 Å². The molecule has 0 aliphatic heterocycles. The third kappa shape index (κ3) is 4.26. The number of amides is 1. The van der Waals surface area contributed by atoms with Crippen LogP contribution in [-0.4, -0.2) is 37.4 Å². The highest BCUT2D eigenvalue weighted by molar-refractivity contribution is 6.00. The van der Waals surface area contributed by atoms with Gasteiger partial charge in [0.15, 0.2) is 11.3 Å². The Morgan fingerprint density at radius 1 is 1.18 bits per heavy atom. The molecule has 4 aromatic rings. The Hall–Kier alpha value is -3.89. The van der Waals surface area contributed by atoms with Gasteiger partial charge in [-0.2, -0.15) is 23.4 Å². The van der Waals surface area contributed by atoms with E-state index in [9.17, 15) is 18.0 Å². The topological polar surface area (TPSA) is 86.3 Å². The Morgan fingerprint density at radius 2 is 1.91 bits per heavy atom. The predicted octanol–water partition coefficient (Wildman–Crippen LogP) is 4.13. The van der Waals surface area contributed by atoms with Gasteiger partial charge in [0, 0.05) is 18.3 Å².